The average molecular weight is 253 g/mol. The van der Waals surface area contributed by atoms with Crippen LogP contribution in [0.5, 0.6) is 11.5 Å². The highest BCUT2D eigenvalue weighted by molar-refractivity contribution is 5.80. The lowest BCUT2D eigenvalue weighted by atomic mass is 10.1. The topological polar surface area (TPSA) is 40.8 Å². The van der Waals surface area contributed by atoms with Crippen molar-refractivity contribution in [2.45, 2.75) is 0 Å². The third-order valence-corrected chi connectivity index (χ3v) is 2.99. The minimum absolute atomic E-state index is 0.194. The number of rotatable bonds is 2. The summed E-state index contributed by atoms with van der Waals surface area (Å²) in [5.41, 5.74) is 1.59. The van der Waals surface area contributed by atoms with Crippen LogP contribution in [-0.2, 0) is 0 Å². The quantitative estimate of drug-likeness (QED) is 0.699. The van der Waals surface area contributed by atoms with Crippen molar-refractivity contribution in [1.82, 2.24) is 0 Å². The van der Waals surface area contributed by atoms with E-state index in [2.05, 4.69) is 0 Å². The zero-order chi connectivity index (χ0) is 13.2. The van der Waals surface area contributed by atoms with Gasteiger partial charge in [-0.1, -0.05) is 6.07 Å². The second-order valence-corrected chi connectivity index (χ2v) is 4.25. The van der Waals surface area contributed by atoms with Gasteiger partial charge in [0.15, 0.2) is 0 Å². The molecule has 19 heavy (non-hydrogen) atoms. The molecule has 1 heterocycles. The number of phenolic OH excluding ortho intramolecular Hbond substituents is 1. The van der Waals surface area contributed by atoms with E-state index in [1.807, 2.05) is 42.5 Å². The molecule has 3 nitrogen and oxygen atoms in total. The molecule has 3 rings (SSSR count). The first-order valence-corrected chi connectivity index (χ1v) is 5.96. The maximum atomic E-state index is 9.49. The Hall–Kier alpha value is -2.55. The summed E-state index contributed by atoms with van der Waals surface area (Å²) in [5, 5.41) is 10.4. The van der Waals surface area contributed by atoms with Gasteiger partial charge >= 0.3 is 11.3 Å². The number of benzene rings is 2. The highest BCUT2D eigenvalue weighted by Crippen LogP contribution is 2.28. The molecule has 3 heteroatoms. The van der Waals surface area contributed by atoms with Crippen LogP contribution in [-0.4, -0.2) is 12.2 Å². The van der Waals surface area contributed by atoms with Crippen molar-refractivity contribution < 1.29 is 14.3 Å². The number of methoxy groups -OCH3 is 1. The molecule has 0 bridgehead atoms. The van der Waals surface area contributed by atoms with E-state index in [4.69, 9.17) is 9.15 Å². The van der Waals surface area contributed by atoms with Crippen molar-refractivity contribution in [3.63, 3.8) is 0 Å². The van der Waals surface area contributed by atoms with Crippen LogP contribution in [0.25, 0.3) is 22.3 Å². The number of fused-ring (bicyclic) bond motifs is 1. The average Bonchev–Trinajstić information content (AvgIpc) is 2.46. The molecule has 0 aliphatic heterocycles. The molecule has 0 unspecified atom stereocenters. The molecule has 2 aromatic carbocycles. The van der Waals surface area contributed by atoms with Crippen LogP contribution in [0.3, 0.4) is 0 Å². The fourth-order valence-corrected chi connectivity index (χ4v) is 2.00. The van der Waals surface area contributed by atoms with E-state index in [1.54, 1.807) is 19.2 Å². The van der Waals surface area contributed by atoms with Crippen LogP contribution >= 0.6 is 0 Å². The van der Waals surface area contributed by atoms with Crippen molar-refractivity contribution in [2.24, 2.45) is 0 Å². The van der Waals surface area contributed by atoms with Gasteiger partial charge in [-0.05, 0) is 36.4 Å². The number of phenols is 1. The first-order valence-electron chi connectivity index (χ1n) is 5.96. The molecule has 0 atom stereocenters. The maximum absolute atomic E-state index is 9.49. The lowest BCUT2D eigenvalue weighted by Crippen LogP contribution is -1.84. The molecule has 0 radical (unpaired) electrons. The van der Waals surface area contributed by atoms with Crippen LogP contribution < -0.4 is 4.74 Å². The Morgan fingerprint density at radius 2 is 1.84 bits per heavy atom. The Morgan fingerprint density at radius 1 is 1.00 bits per heavy atom. The Kier molecular flexibility index (Phi) is 2.80. The van der Waals surface area contributed by atoms with Crippen LogP contribution in [0.2, 0.25) is 0 Å². The van der Waals surface area contributed by atoms with Gasteiger partial charge in [0, 0.05) is 6.07 Å². The summed E-state index contributed by atoms with van der Waals surface area (Å²) >= 11 is 0. The Balaban J connectivity index is 2.13. The predicted octanol–water partition coefficient (Wildman–Crippen LogP) is 4.10. The van der Waals surface area contributed by atoms with Crippen molar-refractivity contribution in [2.75, 3.05) is 7.11 Å². The Bertz CT molecular complexity index is 735. The van der Waals surface area contributed by atoms with Crippen molar-refractivity contribution in [3.05, 3.63) is 54.6 Å². The molecule has 0 saturated heterocycles. The summed E-state index contributed by atoms with van der Waals surface area (Å²) in [6, 6.07) is 16.6. The lowest BCUT2D eigenvalue weighted by Gasteiger charge is -1.99. The number of hydrogen-bond donors (Lipinski definition) is 1. The Labute approximate surface area is 110 Å². The van der Waals surface area contributed by atoms with E-state index in [1.165, 1.54) is 0 Å². The molecule has 3 aromatic rings. The van der Waals surface area contributed by atoms with E-state index in [9.17, 15) is 5.11 Å². The number of aromatic hydroxyl groups is 1. The van der Waals surface area contributed by atoms with Gasteiger partial charge < -0.3 is 9.84 Å². The smallest absolute Gasteiger partial charge is 0.364 e. The van der Waals surface area contributed by atoms with Crippen LogP contribution in [0.15, 0.2) is 59.0 Å². The van der Waals surface area contributed by atoms with E-state index in [0.29, 0.717) is 5.58 Å². The first-order chi connectivity index (χ1) is 9.26. The number of ether oxygens (including phenoxy) is 1. The largest absolute Gasteiger partial charge is 0.508 e. The second kappa shape index (κ2) is 4.61. The molecule has 0 amide bonds. The van der Waals surface area contributed by atoms with Gasteiger partial charge in [-0.2, -0.15) is 0 Å². The second-order valence-electron chi connectivity index (χ2n) is 4.25. The molecule has 0 aliphatic rings. The van der Waals surface area contributed by atoms with Crippen molar-refractivity contribution >= 4 is 11.0 Å². The monoisotopic (exact) mass is 253 g/mol. The third-order valence-electron chi connectivity index (χ3n) is 2.99. The third kappa shape index (κ3) is 2.22. The Morgan fingerprint density at radius 3 is 2.68 bits per heavy atom. The minimum atomic E-state index is 0.194. The van der Waals surface area contributed by atoms with Crippen molar-refractivity contribution in [3.8, 4) is 22.8 Å². The van der Waals surface area contributed by atoms with E-state index >= 15 is 0 Å². The normalized spacial score (nSPS) is 10.6. The molecular weight excluding hydrogens is 240 g/mol. The molecule has 0 aliphatic carbocycles. The molecule has 0 saturated carbocycles. The van der Waals surface area contributed by atoms with Crippen LogP contribution in [0.1, 0.15) is 0 Å². The molecule has 1 N–H and O–H groups in total. The van der Waals surface area contributed by atoms with Gasteiger partial charge in [0.1, 0.15) is 11.5 Å². The van der Waals surface area contributed by atoms with Crippen LogP contribution in [0.4, 0.5) is 0 Å². The summed E-state index contributed by atoms with van der Waals surface area (Å²) in [4.78, 5) is 0. The standard InChI is InChI=1S/C16H12O3/c1-18-14-4-2-3-12(9-14)15-8-6-11-5-7-13(17)10-16(11)19-15/h2-10H,1H3/p+1. The number of hydrogen-bond acceptors (Lipinski definition) is 2. The van der Waals surface area contributed by atoms with E-state index in [-0.39, 0.29) is 5.75 Å². The van der Waals surface area contributed by atoms with Crippen molar-refractivity contribution in [1.29, 1.82) is 0 Å². The van der Waals surface area contributed by atoms with Gasteiger partial charge in [0.2, 0.25) is 0 Å². The van der Waals surface area contributed by atoms with Gasteiger partial charge in [-0.25, -0.2) is 4.42 Å². The zero-order valence-corrected chi connectivity index (χ0v) is 10.5. The van der Waals surface area contributed by atoms with Crippen LogP contribution in [0, 0.1) is 0 Å². The summed E-state index contributed by atoms with van der Waals surface area (Å²) in [6.07, 6.45) is 0. The van der Waals surface area contributed by atoms with E-state index in [0.717, 1.165) is 22.5 Å². The fourth-order valence-electron chi connectivity index (χ4n) is 2.00. The molecule has 1 aromatic heterocycles. The highest BCUT2D eigenvalue weighted by atomic mass is 16.5. The summed E-state index contributed by atoms with van der Waals surface area (Å²) < 4.78 is 11.0. The SMILES string of the molecule is COc1cccc(-c2ccc3ccc(O)cc3[o+]2)c1. The highest BCUT2D eigenvalue weighted by Gasteiger charge is 2.15. The van der Waals surface area contributed by atoms with Gasteiger partial charge in [0.05, 0.1) is 24.1 Å². The fraction of sp³-hybridized carbons (Fsp3) is 0.0625. The summed E-state index contributed by atoms with van der Waals surface area (Å²) in [7, 11) is 1.63. The first kappa shape index (κ1) is 11.5. The summed E-state index contributed by atoms with van der Waals surface area (Å²) in [5.74, 6) is 1.71. The molecule has 94 valence electrons. The maximum Gasteiger partial charge on any atom is 0.364 e. The minimum Gasteiger partial charge on any atom is -0.508 e. The van der Waals surface area contributed by atoms with Gasteiger partial charge in [-0.15, -0.1) is 0 Å². The summed E-state index contributed by atoms with van der Waals surface area (Å²) in [6.45, 7) is 0. The molecular formula is C16H13O3+. The lowest BCUT2D eigenvalue weighted by molar-refractivity contribution is 0.415. The predicted molar refractivity (Wildman–Crippen MR) is 74.3 cm³/mol. The van der Waals surface area contributed by atoms with Gasteiger partial charge in [0.25, 0.3) is 0 Å². The van der Waals surface area contributed by atoms with E-state index < -0.39 is 0 Å². The molecule has 0 spiro atoms. The van der Waals surface area contributed by atoms with Gasteiger partial charge in [-0.3, -0.25) is 0 Å². The zero-order valence-electron chi connectivity index (χ0n) is 10.5. The molecule has 0 fully saturated rings.